The molecular formula is C20H22N2O5S3. The SMILES string of the molecule is COc1cc(OC)cc(C(=O)N=c2sc3cc(S(C)(=O)=O)ccc3n2CCSC)c1. The van der Waals surface area contributed by atoms with E-state index in [1.165, 1.54) is 31.8 Å². The Balaban J connectivity index is 2.15. The van der Waals surface area contributed by atoms with Crippen molar-refractivity contribution >= 4 is 49.1 Å². The van der Waals surface area contributed by atoms with Crippen LogP contribution in [-0.2, 0) is 16.4 Å². The molecule has 0 N–H and O–H groups in total. The van der Waals surface area contributed by atoms with Gasteiger partial charge in [-0.2, -0.15) is 16.8 Å². The highest BCUT2D eigenvalue weighted by Gasteiger charge is 2.14. The van der Waals surface area contributed by atoms with Crippen LogP contribution in [0.15, 0.2) is 46.3 Å². The van der Waals surface area contributed by atoms with E-state index in [4.69, 9.17) is 9.47 Å². The van der Waals surface area contributed by atoms with Crippen LogP contribution < -0.4 is 14.3 Å². The largest absolute Gasteiger partial charge is 0.497 e. The number of methoxy groups -OCH3 is 2. The lowest BCUT2D eigenvalue weighted by Gasteiger charge is -2.06. The number of nitrogens with zero attached hydrogens (tertiary/aromatic N) is 2. The van der Waals surface area contributed by atoms with E-state index in [1.807, 2.05) is 10.8 Å². The first-order chi connectivity index (χ1) is 14.3. The number of carbonyl (C=O) groups is 1. The fraction of sp³-hybridized carbons (Fsp3) is 0.300. The minimum absolute atomic E-state index is 0.240. The van der Waals surface area contributed by atoms with Gasteiger partial charge in [0.15, 0.2) is 14.6 Å². The molecule has 160 valence electrons. The first kappa shape index (κ1) is 22.4. The van der Waals surface area contributed by atoms with Gasteiger partial charge < -0.3 is 14.0 Å². The van der Waals surface area contributed by atoms with Crippen LogP contribution in [0.25, 0.3) is 10.2 Å². The molecule has 0 atom stereocenters. The molecule has 0 radical (unpaired) electrons. The zero-order chi connectivity index (χ0) is 21.9. The number of aryl methyl sites for hydroxylation is 1. The smallest absolute Gasteiger partial charge is 0.279 e. The molecule has 2 aromatic carbocycles. The molecule has 1 aromatic heterocycles. The minimum Gasteiger partial charge on any atom is -0.497 e. The Labute approximate surface area is 183 Å². The number of ether oxygens (including phenoxy) is 2. The molecule has 1 heterocycles. The Bertz CT molecular complexity index is 1240. The Morgan fingerprint density at radius 2 is 1.80 bits per heavy atom. The number of thioether (sulfide) groups is 1. The van der Waals surface area contributed by atoms with E-state index in [-0.39, 0.29) is 4.90 Å². The summed E-state index contributed by atoms with van der Waals surface area (Å²) in [6, 6.07) is 9.87. The van der Waals surface area contributed by atoms with E-state index in [2.05, 4.69) is 4.99 Å². The third kappa shape index (κ3) is 4.88. The van der Waals surface area contributed by atoms with E-state index in [9.17, 15) is 13.2 Å². The summed E-state index contributed by atoms with van der Waals surface area (Å²) in [4.78, 5) is 18.0. The standard InChI is InChI=1S/C20H22N2O5S3/c1-26-14-9-13(10-15(11-14)27-2)19(23)21-20-22(7-8-28-3)17-6-5-16(30(4,24)25)12-18(17)29-20/h5-6,9-12H,7-8H2,1-4H3. The Hall–Kier alpha value is -2.30. The maximum absolute atomic E-state index is 12.9. The third-order valence-electron chi connectivity index (χ3n) is 4.40. The molecule has 0 aliphatic carbocycles. The number of aromatic nitrogens is 1. The van der Waals surface area contributed by atoms with Gasteiger partial charge in [0.2, 0.25) is 0 Å². The van der Waals surface area contributed by atoms with Gasteiger partial charge in [0.25, 0.3) is 5.91 Å². The second-order valence-electron chi connectivity index (χ2n) is 6.45. The Morgan fingerprint density at radius 3 is 2.37 bits per heavy atom. The number of fused-ring (bicyclic) bond motifs is 1. The molecule has 0 saturated carbocycles. The van der Waals surface area contributed by atoms with Gasteiger partial charge >= 0.3 is 0 Å². The highest BCUT2D eigenvalue weighted by atomic mass is 32.2. The number of hydrogen-bond acceptors (Lipinski definition) is 7. The second-order valence-corrected chi connectivity index (χ2v) is 10.5. The fourth-order valence-electron chi connectivity index (χ4n) is 2.85. The van der Waals surface area contributed by atoms with Gasteiger partial charge in [0.05, 0.1) is 29.3 Å². The molecule has 0 unspecified atom stereocenters. The van der Waals surface area contributed by atoms with E-state index < -0.39 is 15.7 Å². The topological polar surface area (TPSA) is 87.0 Å². The van der Waals surface area contributed by atoms with Gasteiger partial charge in [-0.1, -0.05) is 11.3 Å². The molecule has 0 aliphatic heterocycles. The number of benzene rings is 2. The molecule has 3 aromatic rings. The fourth-order valence-corrected chi connectivity index (χ4v) is 5.03. The summed E-state index contributed by atoms with van der Waals surface area (Å²) in [5.74, 6) is 1.39. The first-order valence-electron chi connectivity index (χ1n) is 8.91. The van der Waals surface area contributed by atoms with Crippen molar-refractivity contribution in [3.05, 3.63) is 46.8 Å². The zero-order valence-electron chi connectivity index (χ0n) is 17.0. The van der Waals surface area contributed by atoms with E-state index in [0.717, 1.165) is 16.0 Å². The van der Waals surface area contributed by atoms with Gasteiger partial charge in [-0.25, -0.2) is 8.42 Å². The van der Waals surface area contributed by atoms with Gasteiger partial charge in [0, 0.05) is 30.2 Å². The van der Waals surface area contributed by atoms with Gasteiger partial charge in [-0.15, -0.1) is 0 Å². The molecule has 0 saturated heterocycles. The lowest BCUT2D eigenvalue weighted by molar-refractivity contribution is 0.0997. The third-order valence-corrected chi connectivity index (χ3v) is 7.14. The number of rotatable bonds is 7. The molecule has 0 spiro atoms. The summed E-state index contributed by atoms with van der Waals surface area (Å²) >= 11 is 2.96. The van der Waals surface area contributed by atoms with Crippen molar-refractivity contribution in [1.29, 1.82) is 0 Å². The van der Waals surface area contributed by atoms with Gasteiger partial charge in [0.1, 0.15) is 11.5 Å². The average molecular weight is 467 g/mol. The number of amides is 1. The summed E-state index contributed by atoms with van der Waals surface area (Å²) in [5.41, 5.74) is 1.19. The zero-order valence-corrected chi connectivity index (χ0v) is 19.5. The van der Waals surface area contributed by atoms with Crippen LogP contribution in [0.2, 0.25) is 0 Å². The summed E-state index contributed by atoms with van der Waals surface area (Å²) in [6.07, 6.45) is 3.18. The molecular weight excluding hydrogens is 444 g/mol. The van der Waals surface area contributed by atoms with E-state index >= 15 is 0 Å². The van der Waals surface area contributed by atoms with Crippen LogP contribution in [0.4, 0.5) is 0 Å². The lowest BCUT2D eigenvalue weighted by atomic mass is 10.2. The molecule has 1 amide bonds. The van der Waals surface area contributed by atoms with Crippen molar-refractivity contribution < 1.29 is 22.7 Å². The molecule has 0 bridgehead atoms. The quantitative estimate of drug-likeness (QED) is 0.531. The normalized spacial score (nSPS) is 12.3. The number of sulfone groups is 1. The van der Waals surface area contributed by atoms with Crippen LogP contribution >= 0.6 is 23.1 Å². The molecule has 10 heteroatoms. The van der Waals surface area contributed by atoms with Crippen molar-refractivity contribution in [1.82, 2.24) is 4.57 Å². The molecule has 0 fully saturated rings. The highest BCUT2D eigenvalue weighted by Crippen LogP contribution is 2.24. The Morgan fingerprint density at radius 1 is 1.13 bits per heavy atom. The predicted molar refractivity (Wildman–Crippen MR) is 121 cm³/mol. The monoisotopic (exact) mass is 466 g/mol. The van der Waals surface area contributed by atoms with Crippen LogP contribution in [-0.4, -0.2) is 51.4 Å². The predicted octanol–water partition coefficient (Wildman–Crippen LogP) is 3.23. The number of thiazole rings is 1. The maximum atomic E-state index is 12.9. The van der Waals surface area contributed by atoms with Gasteiger partial charge in [-0.3, -0.25) is 4.79 Å². The van der Waals surface area contributed by atoms with Gasteiger partial charge in [-0.05, 0) is 36.6 Å². The summed E-state index contributed by atoms with van der Waals surface area (Å²) in [7, 11) is -0.297. The molecule has 0 aliphatic rings. The van der Waals surface area contributed by atoms with Crippen LogP contribution in [0.3, 0.4) is 0 Å². The van der Waals surface area contributed by atoms with Crippen molar-refractivity contribution in [3.8, 4) is 11.5 Å². The lowest BCUT2D eigenvalue weighted by Crippen LogP contribution is -2.18. The summed E-state index contributed by atoms with van der Waals surface area (Å²) < 4.78 is 37.0. The van der Waals surface area contributed by atoms with Crippen molar-refractivity contribution in [2.45, 2.75) is 11.4 Å². The summed E-state index contributed by atoms with van der Waals surface area (Å²) in [6.45, 7) is 0.646. The van der Waals surface area contributed by atoms with Crippen LogP contribution in [0, 0.1) is 0 Å². The number of hydrogen-bond donors (Lipinski definition) is 0. The minimum atomic E-state index is -3.33. The van der Waals surface area contributed by atoms with Crippen LogP contribution in [0.1, 0.15) is 10.4 Å². The number of carbonyl (C=O) groups excluding carboxylic acids is 1. The highest BCUT2D eigenvalue weighted by molar-refractivity contribution is 7.98. The second kappa shape index (κ2) is 9.23. The summed E-state index contributed by atoms with van der Waals surface area (Å²) in [5, 5.41) is 0. The van der Waals surface area contributed by atoms with Crippen LogP contribution in [0.5, 0.6) is 11.5 Å². The van der Waals surface area contributed by atoms with E-state index in [0.29, 0.717) is 28.4 Å². The average Bonchev–Trinajstić information content (AvgIpc) is 3.07. The van der Waals surface area contributed by atoms with Crippen molar-refractivity contribution in [2.75, 3.05) is 32.5 Å². The molecule has 7 nitrogen and oxygen atoms in total. The van der Waals surface area contributed by atoms with Crippen molar-refractivity contribution in [3.63, 3.8) is 0 Å². The Kier molecular flexibility index (Phi) is 6.89. The maximum Gasteiger partial charge on any atom is 0.279 e. The first-order valence-corrected chi connectivity index (χ1v) is 13.0. The van der Waals surface area contributed by atoms with Crippen molar-refractivity contribution in [2.24, 2.45) is 4.99 Å². The molecule has 3 rings (SSSR count). The molecule has 30 heavy (non-hydrogen) atoms. The van der Waals surface area contributed by atoms with E-state index in [1.54, 1.807) is 48.2 Å².